The maximum Gasteiger partial charge on any atom is 0.234 e. The van der Waals surface area contributed by atoms with Gasteiger partial charge in [-0.2, -0.15) is 0 Å². The Kier molecular flexibility index (Phi) is 7.23. The van der Waals surface area contributed by atoms with E-state index in [9.17, 15) is 4.79 Å². The van der Waals surface area contributed by atoms with Crippen LogP contribution in [0.2, 0.25) is 0 Å². The fourth-order valence-electron chi connectivity index (χ4n) is 2.28. The molecule has 0 fully saturated rings. The molecule has 1 aromatic heterocycles. The van der Waals surface area contributed by atoms with E-state index in [1.54, 1.807) is 6.20 Å². The van der Waals surface area contributed by atoms with Crippen molar-refractivity contribution in [1.29, 1.82) is 0 Å². The van der Waals surface area contributed by atoms with Crippen LogP contribution in [0.5, 0.6) is 5.88 Å². The van der Waals surface area contributed by atoms with E-state index in [0.717, 1.165) is 24.2 Å². The summed E-state index contributed by atoms with van der Waals surface area (Å²) < 4.78 is 5.71. The first kappa shape index (κ1) is 17.9. The second-order valence-electron chi connectivity index (χ2n) is 5.51. The number of nitrogens with one attached hydrogen (secondary N) is 1. The highest BCUT2D eigenvalue weighted by atomic mass is 16.5. The molecule has 5 nitrogen and oxygen atoms in total. The van der Waals surface area contributed by atoms with Crippen molar-refractivity contribution in [3.63, 3.8) is 0 Å². The van der Waals surface area contributed by atoms with Crippen molar-refractivity contribution >= 4 is 5.91 Å². The van der Waals surface area contributed by atoms with Crippen molar-refractivity contribution in [2.75, 3.05) is 19.6 Å². The summed E-state index contributed by atoms with van der Waals surface area (Å²) >= 11 is 0. The summed E-state index contributed by atoms with van der Waals surface area (Å²) in [6.07, 6.45) is 1.70. The fourth-order valence-corrected chi connectivity index (χ4v) is 2.28. The van der Waals surface area contributed by atoms with Crippen molar-refractivity contribution in [3.8, 4) is 5.88 Å². The average molecular weight is 327 g/mol. The summed E-state index contributed by atoms with van der Waals surface area (Å²) in [4.78, 5) is 18.2. The predicted octanol–water partition coefficient (Wildman–Crippen LogP) is 2.62. The summed E-state index contributed by atoms with van der Waals surface area (Å²) in [6, 6.07) is 13.7. The van der Waals surface area contributed by atoms with Gasteiger partial charge < -0.3 is 10.1 Å². The first-order chi connectivity index (χ1) is 11.7. The van der Waals surface area contributed by atoms with E-state index in [1.807, 2.05) is 42.5 Å². The number of hydrogen-bond donors (Lipinski definition) is 1. The molecule has 1 amide bonds. The van der Waals surface area contributed by atoms with Gasteiger partial charge in [0.15, 0.2) is 0 Å². The van der Waals surface area contributed by atoms with Crippen LogP contribution in [0.4, 0.5) is 0 Å². The normalized spacial score (nSPS) is 10.6. The van der Waals surface area contributed by atoms with Crippen molar-refractivity contribution in [2.45, 2.75) is 27.0 Å². The van der Waals surface area contributed by atoms with Crippen molar-refractivity contribution in [1.82, 2.24) is 15.2 Å². The molecule has 1 heterocycles. The summed E-state index contributed by atoms with van der Waals surface area (Å²) in [5.74, 6) is 0.594. The van der Waals surface area contributed by atoms with Gasteiger partial charge in [0.05, 0.1) is 6.54 Å². The van der Waals surface area contributed by atoms with Gasteiger partial charge in [0.1, 0.15) is 6.61 Å². The molecule has 0 atom stereocenters. The molecule has 128 valence electrons. The average Bonchev–Trinajstić information content (AvgIpc) is 2.64. The molecule has 0 saturated heterocycles. The van der Waals surface area contributed by atoms with Crippen LogP contribution in [-0.4, -0.2) is 35.4 Å². The van der Waals surface area contributed by atoms with Gasteiger partial charge in [0, 0.05) is 18.8 Å². The third-order valence-electron chi connectivity index (χ3n) is 3.78. The highest BCUT2D eigenvalue weighted by Gasteiger charge is 2.07. The monoisotopic (exact) mass is 327 g/mol. The molecule has 0 spiro atoms. The van der Waals surface area contributed by atoms with Crippen LogP contribution in [0.3, 0.4) is 0 Å². The van der Waals surface area contributed by atoms with Gasteiger partial charge in [-0.05, 0) is 30.3 Å². The number of likely N-dealkylation sites (N-methyl/N-ethyl adjacent to an activating group) is 1. The topological polar surface area (TPSA) is 54.5 Å². The van der Waals surface area contributed by atoms with Crippen LogP contribution in [0, 0.1) is 0 Å². The Labute approximate surface area is 143 Å². The quantitative estimate of drug-likeness (QED) is 0.769. The first-order valence-electron chi connectivity index (χ1n) is 8.32. The predicted molar refractivity (Wildman–Crippen MR) is 94.6 cm³/mol. The lowest BCUT2D eigenvalue weighted by atomic mass is 10.2. The Bertz CT molecular complexity index is 628. The molecule has 0 bridgehead atoms. The molecule has 0 aliphatic rings. The number of rotatable bonds is 9. The number of amides is 1. The van der Waals surface area contributed by atoms with Crippen molar-refractivity contribution < 1.29 is 9.53 Å². The minimum atomic E-state index is 0.0299. The maximum absolute atomic E-state index is 11.9. The van der Waals surface area contributed by atoms with Crippen LogP contribution in [0.15, 0.2) is 48.7 Å². The lowest BCUT2D eigenvalue weighted by molar-refractivity contribution is -0.122. The fraction of sp³-hybridized carbons (Fsp3) is 0.368. The maximum atomic E-state index is 11.9. The first-order valence-corrected chi connectivity index (χ1v) is 8.32. The number of hydrogen-bond acceptors (Lipinski definition) is 4. The largest absolute Gasteiger partial charge is 0.473 e. The van der Waals surface area contributed by atoms with Gasteiger partial charge in [0.25, 0.3) is 0 Å². The van der Waals surface area contributed by atoms with E-state index in [4.69, 9.17) is 4.74 Å². The van der Waals surface area contributed by atoms with Gasteiger partial charge >= 0.3 is 0 Å². The number of carbonyl (C=O) groups is 1. The van der Waals surface area contributed by atoms with Crippen LogP contribution < -0.4 is 10.1 Å². The zero-order valence-corrected chi connectivity index (χ0v) is 14.4. The molecule has 0 aliphatic carbocycles. The van der Waals surface area contributed by atoms with E-state index in [1.165, 1.54) is 0 Å². The van der Waals surface area contributed by atoms with Gasteiger partial charge in [-0.3, -0.25) is 9.69 Å². The summed E-state index contributed by atoms with van der Waals surface area (Å²) in [6.45, 7) is 7.23. The molecule has 0 saturated carbocycles. The number of carbonyl (C=O) groups excluding carboxylic acids is 1. The van der Waals surface area contributed by atoms with Crippen LogP contribution in [-0.2, 0) is 17.9 Å². The molecule has 5 heteroatoms. The molecule has 2 rings (SSSR count). The summed E-state index contributed by atoms with van der Waals surface area (Å²) in [5, 5.41) is 2.94. The molecule has 2 aromatic rings. The van der Waals surface area contributed by atoms with Crippen molar-refractivity contribution in [3.05, 3.63) is 59.8 Å². The van der Waals surface area contributed by atoms with Crippen molar-refractivity contribution in [2.24, 2.45) is 0 Å². The zero-order chi connectivity index (χ0) is 17.2. The van der Waals surface area contributed by atoms with Crippen LogP contribution in [0.1, 0.15) is 25.0 Å². The smallest absolute Gasteiger partial charge is 0.234 e. The lowest BCUT2D eigenvalue weighted by Crippen LogP contribution is -2.36. The Hall–Kier alpha value is -2.40. The molecular weight excluding hydrogens is 302 g/mol. The molecule has 1 N–H and O–H groups in total. The highest BCUT2D eigenvalue weighted by molar-refractivity contribution is 5.78. The molecule has 0 unspecified atom stereocenters. The molecular formula is C19H25N3O2. The van der Waals surface area contributed by atoms with E-state index in [2.05, 4.69) is 29.0 Å². The Morgan fingerprint density at radius 2 is 1.88 bits per heavy atom. The van der Waals surface area contributed by atoms with Crippen LogP contribution >= 0.6 is 0 Å². The van der Waals surface area contributed by atoms with E-state index in [0.29, 0.717) is 25.6 Å². The summed E-state index contributed by atoms with van der Waals surface area (Å²) in [7, 11) is 0. The Morgan fingerprint density at radius 1 is 1.12 bits per heavy atom. The summed E-state index contributed by atoms with van der Waals surface area (Å²) in [5.41, 5.74) is 2.07. The van der Waals surface area contributed by atoms with E-state index in [-0.39, 0.29) is 5.91 Å². The number of benzene rings is 1. The third-order valence-corrected chi connectivity index (χ3v) is 3.78. The Morgan fingerprint density at radius 3 is 2.58 bits per heavy atom. The molecule has 0 radical (unpaired) electrons. The number of ether oxygens (including phenoxy) is 1. The zero-order valence-electron chi connectivity index (χ0n) is 14.4. The highest BCUT2D eigenvalue weighted by Crippen LogP contribution is 2.11. The molecule has 0 aliphatic heterocycles. The molecule has 24 heavy (non-hydrogen) atoms. The Balaban J connectivity index is 1.83. The third kappa shape index (κ3) is 6.01. The second kappa shape index (κ2) is 9.67. The van der Waals surface area contributed by atoms with Gasteiger partial charge in [0.2, 0.25) is 11.8 Å². The number of nitrogens with zero attached hydrogens (tertiary/aromatic N) is 2. The minimum Gasteiger partial charge on any atom is -0.473 e. The molecule has 1 aromatic carbocycles. The van der Waals surface area contributed by atoms with E-state index < -0.39 is 0 Å². The second-order valence-corrected chi connectivity index (χ2v) is 5.51. The number of pyridine rings is 1. The lowest BCUT2D eigenvalue weighted by Gasteiger charge is -2.17. The minimum absolute atomic E-state index is 0.0299. The van der Waals surface area contributed by atoms with Gasteiger partial charge in [-0.1, -0.05) is 44.2 Å². The standard InChI is InChI=1S/C19H25N3O2/c1-3-22(4-2)14-18(23)21-13-17-10-11-20-19(12-17)24-15-16-8-6-5-7-9-16/h5-12H,3-4,13-15H2,1-2H3,(H,21,23). The SMILES string of the molecule is CCN(CC)CC(=O)NCc1ccnc(OCc2ccccc2)c1. The van der Waals surface area contributed by atoms with E-state index >= 15 is 0 Å². The number of aromatic nitrogens is 1. The van der Waals surface area contributed by atoms with Gasteiger partial charge in [-0.15, -0.1) is 0 Å². The van der Waals surface area contributed by atoms with Gasteiger partial charge in [-0.25, -0.2) is 4.98 Å². The van der Waals surface area contributed by atoms with Crippen LogP contribution in [0.25, 0.3) is 0 Å².